The van der Waals surface area contributed by atoms with Crippen molar-refractivity contribution in [3.63, 3.8) is 0 Å². The number of ether oxygens (including phenoxy) is 1. The van der Waals surface area contributed by atoms with Gasteiger partial charge in [0.1, 0.15) is 11.8 Å². The first kappa shape index (κ1) is 16.9. The topological polar surface area (TPSA) is 59.8 Å². The number of hydrogen-bond acceptors (Lipinski definition) is 3. The van der Waals surface area contributed by atoms with E-state index in [0.29, 0.717) is 13.0 Å². The van der Waals surface area contributed by atoms with E-state index in [1.54, 1.807) is 7.11 Å². The fourth-order valence-electron chi connectivity index (χ4n) is 2.04. The Morgan fingerprint density at radius 2 is 1.85 bits per heavy atom. The smallest absolute Gasteiger partial charge is 0.211 e. The van der Waals surface area contributed by atoms with Crippen molar-refractivity contribution in [1.29, 1.82) is 0 Å². The first-order chi connectivity index (χ1) is 9.39. The molecule has 0 aromatic heterocycles. The minimum Gasteiger partial charge on any atom is -0.497 e. The van der Waals surface area contributed by atoms with Gasteiger partial charge in [-0.3, -0.25) is 0 Å². The second-order valence-corrected chi connectivity index (χ2v) is 7.00. The van der Waals surface area contributed by atoms with Crippen LogP contribution in [0.5, 0.6) is 5.75 Å². The van der Waals surface area contributed by atoms with Gasteiger partial charge >= 0.3 is 0 Å². The monoisotopic (exact) mass is 301 g/mol. The average molecular weight is 301 g/mol. The van der Waals surface area contributed by atoms with E-state index in [0.717, 1.165) is 11.3 Å². The molecule has 1 aromatic rings. The predicted molar refractivity (Wildman–Crippen MR) is 80.6 cm³/mol. The Bertz CT molecular complexity index is 498. The van der Waals surface area contributed by atoms with Crippen LogP contribution in [0.2, 0.25) is 0 Å². The Morgan fingerprint density at radius 1 is 1.25 bits per heavy atom. The van der Waals surface area contributed by atoms with Crippen LogP contribution in [-0.4, -0.2) is 41.9 Å². The number of nitrogens with one attached hydrogen (secondary N) is 2. The summed E-state index contributed by atoms with van der Waals surface area (Å²) in [5, 5.41) is 0. The van der Waals surface area contributed by atoms with Crippen molar-refractivity contribution in [3.05, 3.63) is 29.8 Å². The summed E-state index contributed by atoms with van der Waals surface area (Å²) < 4.78 is 31.3. The Kier molecular flexibility index (Phi) is 6.45. The van der Waals surface area contributed by atoms with Gasteiger partial charge in [-0.15, -0.1) is 0 Å². The van der Waals surface area contributed by atoms with Gasteiger partial charge in [0, 0.05) is 5.56 Å². The van der Waals surface area contributed by atoms with Crippen molar-refractivity contribution in [2.45, 2.75) is 19.4 Å². The fourth-order valence-corrected chi connectivity index (χ4v) is 3.15. The third kappa shape index (κ3) is 5.11. The Balaban J connectivity index is 2.78. The highest BCUT2D eigenvalue weighted by molar-refractivity contribution is 7.89. The Morgan fingerprint density at radius 3 is 2.30 bits per heavy atom. The quantitative estimate of drug-likeness (QED) is 0.722. The van der Waals surface area contributed by atoms with Gasteiger partial charge in [-0.1, -0.05) is 6.92 Å². The van der Waals surface area contributed by atoms with Crippen molar-refractivity contribution in [3.8, 4) is 5.75 Å². The minimum atomic E-state index is -3.17. The molecule has 2 N–H and O–H groups in total. The molecule has 5 nitrogen and oxygen atoms in total. The van der Waals surface area contributed by atoms with E-state index in [1.807, 2.05) is 45.3 Å². The lowest BCUT2D eigenvalue weighted by molar-refractivity contribution is -0.890. The van der Waals surface area contributed by atoms with Crippen LogP contribution < -0.4 is 14.4 Å². The van der Waals surface area contributed by atoms with Crippen LogP contribution in [-0.2, 0) is 10.0 Å². The number of quaternary nitrogens is 1. The lowest BCUT2D eigenvalue weighted by Crippen LogP contribution is -3.07. The normalized spacial score (nSPS) is 13.4. The summed E-state index contributed by atoms with van der Waals surface area (Å²) in [6.45, 7) is 2.26. The van der Waals surface area contributed by atoms with Crippen molar-refractivity contribution in [1.82, 2.24) is 4.72 Å². The Labute approximate surface area is 122 Å². The molecule has 0 aliphatic carbocycles. The SMILES string of the molecule is CCCS(=O)(=O)NC[C@H](c1ccc(OC)cc1)[NH+](C)C. The zero-order valence-corrected chi connectivity index (χ0v) is 13.5. The molecule has 0 amide bonds. The van der Waals surface area contributed by atoms with Crippen LogP contribution in [0, 0.1) is 0 Å². The molecule has 0 saturated heterocycles. The number of sulfonamides is 1. The number of likely N-dealkylation sites (N-methyl/N-ethyl adjacent to an activating group) is 1. The molecule has 6 heteroatoms. The van der Waals surface area contributed by atoms with E-state index >= 15 is 0 Å². The largest absolute Gasteiger partial charge is 0.497 e. The first-order valence-electron chi connectivity index (χ1n) is 6.81. The van der Waals surface area contributed by atoms with Gasteiger partial charge in [0.25, 0.3) is 0 Å². The molecular weight excluding hydrogens is 276 g/mol. The van der Waals surface area contributed by atoms with Crippen molar-refractivity contribution in [2.24, 2.45) is 0 Å². The summed E-state index contributed by atoms with van der Waals surface area (Å²) in [5.41, 5.74) is 1.09. The summed E-state index contributed by atoms with van der Waals surface area (Å²) in [7, 11) is 2.49. The van der Waals surface area contributed by atoms with E-state index in [-0.39, 0.29) is 11.8 Å². The third-order valence-electron chi connectivity index (χ3n) is 3.20. The van der Waals surface area contributed by atoms with Crippen LogP contribution in [0.1, 0.15) is 24.9 Å². The van der Waals surface area contributed by atoms with Crippen LogP contribution in [0.15, 0.2) is 24.3 Å². The second kappa shape index (κ2) is 7.61. The molecule has 0 bridgehead atoms. The van der Waals surface area contributed by atoms with E-state index in [1.165, 1.54) is 4.90 Å². The van der Waals surface area contributed by atoms with Gasteiger partial charge in [0.05, 0.1) is 33.5 Å². The highest BCUT2D eigenvalue weighted by atomic mass is 32.2. The van der Waals surface area contributed by atoms with E-state index in [2.05, 4.69) is 4.72 Å². The van der Waals surface area contributed by atoms with Crippen molar-refractivity contribution < 1.29 is 18.1 Å². The van der Waals surface area contributed by atoms with E-state index < -0.39 is 10.0 Å². The van der Waals surface area contributed by atoms with Gasteiger partial charge in [-0.05, 0) is 30.7 Å². The highest BCUT2D eigenvalue weighted by Gasteiger charge is 2.20. The maximum atomic E-state index is 11.7. The average Bonchev–Trinajstić information content (AvgIpc) is 2.39. The van der Waals surface area contributed by atoms with Gasteiger partial charge in [0.2, 0.25) is 10.0 Å². The lowest BCUT2D eigenvalue weighted by atomic mass is 10.1. The molecule has 0 saturated carbocycles. The first-order valence-corrected chi connectivity index (χ1v) is 8.46. The van der Waals surface area contributed by atoms with Crippen LogP contribution in [0.4, 0.5) is 0 Å². The number of methoxy groups -OCH3 is 1. The fraction of sp³-hybridized carbons (Fsp3) is 0.571. The molecule has 114 valence electrons. The lowest BCUT2D eigenvalue weighted by Gasteiger charge is -2.22. The van der Waals surface area contributed by atoms with Crippen molar-refractivity contribution >= 4 is 10.0 Å². The van der Waals surface area contributed by atoms with Crippen molar-refractivity contribution in [2.75, 3.05) is 33.5 Å². The maximum Gasteiger partial charge on any atom is 0.211 e. The van der Waals surface area contributed by atoms with E-state index in [4.69, 9.17) is 4.74 Å². The Hall–Kier alpha value is -1.11. The van der Waals surface area contributed by atoms with Gasteiger partial charge in [0.15, 0.2) is 0 Å². The summed E-state index contributed by atoms with van der Waals surface area (Å²) in [6, 6.07) is 7.82. The summed E-state index contributed by atoms with van der Waals surface area (Å²) in [6.07, 6.45) is 0.622. The summed E-state index contributed by atoms with van der Waals surface area (Å²) >= 11 is 0. The molecule has 0 aliphatic heterocycles. The number of benzene rings is 1. The molecule has 0 radical (unpaired) electrons. The molecule has 1 aromatic carbocycles. The molecule has 0 spiro atoms. The van der Waals surface area contributed by atoms with Gasteiger partial charge in [-0.25, -0.2) is 13.1 Å². The summed E-state index contributed by atoms with van der Waals surface area (Å²) in [5.74, 6) is 0.971. The third-order valence-corrected chi connectivity index (χ3v) is 4.75. The number of rotatable bonds is 8. The van der Waals surface area contributed by atoms with Gasteiger partial charge in [-0.2, -0.15) is 0 Å². The molecule has 0 heterocycles. The standard InChI is InChI=1S/C14H24N2O3S/c1-5-10-20(17,18)15-11-14(16(2)3)12-6-8-13(19-4)9-7-12/h6-9,14-15H,5,10-11H2,1-4H3/p+1/t14-/m1/s1. The number of hydrogen-bond donors (Lipinski definition) is 2. The maximum absolute atomic E-state index is 11.7. The minimum absolute atomic E-state index is 0.0764. The van der Waals surface area contributed by atoms with Crippen LogP contribution in [0.25, 0.3) is 0 Å². The second-order valence-electron chi connectivity index (χ2n) is 5.07. The predicted octanol–water partition coefficient (Wildman–Crippen LogP) is 0.210. The molecule has 0 unspecified atom stereocenters. The van der Waals surface area contributed by atoms with Crippen LogP contribution in [0.3, 0.4) is 0 Å². The molecular formula is C14H25N2O3S+. The summed E-state index contributed by atoms with van der Waals surface area (Å²) in [4.78, 5) is 1.18. The molecule has 1 rings (SSSR count). The molecule has 0 aliphatic rings. The highest BCUT2D eigenvalue weighted by Crippen LogP contribution is 2.15. The van der Waals surface area contributed by atoms with E-state index in [9.17, 15) is 8.42 Å². The van der Waals surface area contributed by atoms with Gasteiger partial charge < -0.3 is 9.64 Å². The molecule has 20 heavy (non-hydrogen) atoms. The molecule has 1 atom stereocenters. The zero-order chi connectivity index (χ0) is 15.2. The molecule has 0 fully saturated rings. The van der Waals surface area contributed by atoms with Crippen LogP contribution >= 0.6 is 0 Å². The zero-order valence-electron chi connectivity index (χ0n) is 12.6.